The fourth-order valence-corrected chi connectivity index (χ4v) is 3.15. The van der Waals surface area contributed by atoms with E-state index in [1.165, 1.54) is 0 Å². The quantitative estimate of drug-likeness (QED) is 0.567. The van der Waals surface area contributed by atoms with Gasteiger partial charge in [0.2, 0.25) is 0 Å². The van der Waals surface area contributed by atoms with Crippen LogP contribution in [0.15, 0.2) is 54.6 Å². The molecule has 0 saturated heterocycles. The van der Waals surface area contributed by atoms with Gasteiger partial charge in [0.25, 0.3) is 5.91 Å². The Labute approximate surface area is 170 Å². The number of benzene rings is 2. The third kappa shape index (κ3) is 5.36. The highest BCUT2D eigenvalue weighted by molar-refractivity contribution is 6.32. The minimum absolute atomic E-state index is 0.0899. The molecule has 3 rings (SSSR count). The van der Waals surface area contributed by atoms with E-state index in [0.717, 1.165) is 29.9 Å². The number of amides is 1. The van der Waals surface area contributed by atoms with Gasteiger partial charge in [-0.15, -0.1) is 0 Å². The van der Waals surface area contributed by atoms with Crippen molar-refractivity contribution >= 4 is 17.5 Å². The van der Waals surface area contributed by atoms with Gasteiger partial charge in [0.1, 0.15) is 12.4 Å². The second-order valence-corrected chi connectivity index (χ2v) is 7.09. The molecule has 0 radical (unpaired) electrons. The van der Waals surface area contributed by atoms with Crippen LogP contribution in [-0.2, 0) is 13.2 Å². The topological polar surface area (TPSA) is 56.2 Å². The Bertz CT molecular complexity index is 952. The molecule has 0 bridgehead atoms. The Morgan fingerprint density at radius 2 is 1.96 bits per heavy atom. The zero-order valence-electron chi connectivity index (χ0n) is 16.1. The lowest BCUT2D eigenvalue weighted by Gasteiger charge is -2.10. The molecule has 0 unspecified atom stereocenters. The minimum atomic E-state index is -0.0899. The summed E-state index contributed by atoms with van der Waals surface area (Å²) in [5.41, 5.74) is 3.67. The number of halogens is 1. The number of hydrogen-bond acceptors (Lipinski definition) is 3. The van der Waals surface area contributed by atoms with Crippen molar-refractivity contribution in [3.63, 3.8) is 0 Å². The number of hydrogen-bond donors (Lipinski definition) is 1. The van der Waals surface area contributed by atoms with E-state index in [2.05, 4.69) is 16.5 Å². The number of ether oxygens (including phenoxy) is 1. The molecule has 5 nitrogen and oxygen atoms in total. The first-order chi connectivity index (χ1) is 13.5. The number of aromatic nitrogens is 2. The van der Waals surface area contributed by atoms with Crippen LogP contribution in [0.1, 0.15) is 33.7 Å². The van der Waals surface area contributed by atoms with E-state index in [1.807, 2.05) is 54.9 Å². The van der Waals surface area contributed by atoms with Crippen molar-refractivity contribution in [3.8, 4) is 5.75 Å². The molecule has 28 heavy (non-hydrogen) atoms. The van der Waals surface area contributed by atoms with E-state index in [9.17, 15) is 4.79 Å². The molecule has 0 aliphatic heterocycles. The molecular formula is C22H24ClN3O2. The van der Waals surface area contributed by atoms with Crippen molar-refractivity contribution < 1.29 is 9.53 Å². The average Bonchev–Trinajstić information content (AvgIpc) is 3.01. The van der Waals surface area contributed by atoms with E-state index in [-0.39, 0.29) is 5.91 Å². The lowest BCUT2D eigenvalue weighted by Crippen LogP contribution is -2.25. The third-order valence-electron chi connectivity index (χ3n) is 4.36. The van der Waals surface area contributed by atoms with Gasteiger partial charge in [0.15, 0.2) is 0 Å². The predicted octanol–water partition coefficient (Wildman–Crippen LogP) is 4.55. The molecule has 1 heterocycles. The molecule has 2 aromatic carbocycles. The van der Waals surface area contributed by atoms with Crippen LogP contribution in [0.3, 0.4) is 0 Å². The summed E-state index contributed by atoms with van der Waals surface area (Å²) in [7, 11) is 0. The zero-order chi connectivity index (χ0) is 19.9. The second kappa shape index (κ2) is 9.42. The van der Waals surface area contributed by atoms with Crippen molar-refractivity contribution in [1.82, 2.24) is 15.1 Å². The van der Waals surface area contributed by atoms with Crippen LogP contribution < -0.4 is 10.1 Å². The normalized spacial score (nSPS) is 10.7. The maximum Gasteiger partial charge on any atom is 0.251 e. The number of nitrogens with one attached hydrogen (secondary N) is 1. The summed E-state index contributed by atoms with van der Waals surface area (Å²) in [5.74, 6) is 0.538. The van der Waals surface area contributed by atoms with Crippen LogP contribution in [0, 0.1) is 13.8 Å². The molecule has 0 aliphatic rings. The Morgan fingerprint density at radius 3 is 2.71 bits per heavy atom. The van der Waals surface area contributed by atoms with E-state index >= 15 is 0 Å². The Balaban J connectivity index is 1.49. The molecule has 1 amide bonds. The highest BCUT2D eigenvalue weighted by atomic mass is 35.5. The number of carbonyl (C=O) groups is 1. The predicted molar refractivity (Wildman–Crippen MR) is 111 cm³/mol. The Kier molecular flexibility index (Phi) is 6.71. The first-order valence-corrected chi connectivity index (χ1v) is 9.66. The maximum absolute atomic E-state index is 12.4. The van der Waals surface area contributed by atoms with E-state index < -0.39 is 0 Å². The van der Waals surface area contributed by atoms with Crippen LogP contribution in [0.2, 0.25) is 5.02 Å². The lowest BCUT2D eigenvalue weighted by molar-refractivity contribution is 0.0952. The molecule has 0 aliphatic carbocycles. The molecule has 146 valence electrons. The first kappa shape index (κ1) is 20.0. The summed E-state index contributed by atoms with van der Waals surface area (Å²) in [6.07, 6.45) is 0.822. The average molecular weight is 398 g/mol. The molecule has 0 atom stereocenters. The summed E-state index contributed by atoms with van der Waals surface area (Å²) in [5, 5.41) is 7.96. The SMILES string of the molecule is Cc1cc(C)n(CCCNC(=O)c2cccc(COc3ccccc3Cl)c2)n1. The number of para-hydroxylation sites is 1. The molecular weight excluding hydrogens is 374 g/mol. The monoisotopic (exact) mass is 397 g/mol. The molecule has 3 aromatic rings. The molecule has 6 heteroatoms. The van der Waals surface area contributed by atoms with Gasteiger partial charge < -0.3 is 10.1 Å². The van der Waals surface area contributed by atoms with E-state index in [4.69, 9.17) is 16.3 Å². The standard InChI is InChI=1S/C22H24ClN3O2/c1-16-13-17(2)26(25-16)12-6-11-24-22(27)19-8-5-7-18(14-19)15-28-21-10-4-3-9-20(21)23/h3-5,7-10,13-14H,6,11-12,15H2,1-2H3,(H,24,27). The van der Waals surface area contributed by atoms with Gasteiger partial charge >= 0.3 is 0 Å². The fourth-order valence-electron chi connectivity index (χ4n) is 2.96. The smallest absolute Gasteiger partial charge is 0.251 e. The van der Waals surface area contributed by atoms with Gasteiger partial charge in [-0.1, -0.05) is 35.9 Å². The maximum atomic E-state index is 12.4. The highest BCUT2D eigenvalue weighted by Gasteiger charge is 2.07. The van der Waals surface area contributed by atoms with Crippen molar-refractivity contribution in [1.29, 1.82) is 0 Å². The van der Waals surface area contributed by atoms with Crippen LogP contribution in [0.4, 0.5) is 0 Å². The fraction of sp³-hybridized carbons (Fsp3) is 0.273. The third-order valence-corrected chi connectivity index (χ3v) is 4.67. The van der Waals surface area contributed by atoms with Crippen LogP contribution in [0.25, 0.3) is 0 Å². The van der Waals surface area contributed by atoms with Crippen LogP contribution in [0.5, 0.6) is 5.75 Å². The van der Waals surface area contributed by atoms with Gasteiger partial charge in [0, 0.05) is 24.3 Å². The van der Waals surface area contributed by atoms with Gasteiger partial charge in [0.05, 0.1) is 10.7 Å². The summed E-state index contributed by atoms with van der Waals surface area (Å²) < 4.78 is 7.71. The van der Waals surface area contributed by atoms with E-state index in [1.54, 1.807) is 12.1 Å². The minimum Gasteiger partial charge on any atom is -0.487 e. The second-order valence-electron chi connectivity index (χ2n) is 6.68. The zero-order valence-corrected chi connectivity index (χ0v) is 16.9. The summed E-state index contributed by atoms with van der Waals surface area (Å²) >= 11 is 6.10. The van der Waals surface area contributed by atoms with Crippen molar-refractivity contribution in [2.24, 2.45) is 0 Å². The first-order valence-electron chi connectivity index (χ1n) is 9.28. The van der Waals surface area contributed by atoms with Gasteiger partial charge in [-0.05, 0) is 56.2 Å². The number of aryl methyl sites for hydroxylation is 3. The molecule has 1 aromatic heterocycles. The lowest BCUT2D eigenvalue weighted by atomic mass is 10.1. The van der Waals surface area contributed by atoms with Crippen LogP contribution >= 0.6 is 11.6 Å². The van der Waals surface area contributed by atoms with Crippen LogP contribution in [-0.4, -0.2) is 22.2 Å². The largest absolute Gasteiger partial charge is 0.487 e. The number of nitrogens with zero attached hydrogens (tertiary/aromatic N) is 2. The van der Waals surface area contributed by atoms with Gasteiger partial charge in [-0.25, -0.2) is 0 Å². The van der Waals surface area contributed by atoms with Gasteiger partial charge in [-0.3, -0.25) is 9.48 Å². The Hall–Kier alpha value is -2.79. The highest BCUT2D eigenvalue weighted by Crippen LogP contribution is 2.24. The summed E-state index contributed by atoms with van der Waals surface area (Å²) in [6, 6.07) is 16.8. The van der Waals surface area contributed by atoms with Crippen molar-refractivity contribution in [2.45, 2.75) is 33.4 Å². The Morgan fingerprint density at radius 1 is 1.14 bits per heavy atom. The number of rotatable bonds is 8. The molecule has 0 fully saturated rings. The molecule has 0 saturated carbocycles. The van der Waals surface area contributed by atoms with E-state index in [0.29, 0.717) is 29.5 Å². The van der Waals surface area contributed by atoms with Gasteiger partial charge in [-0.2, -0.15) is 5.10 Å². The summed E-state index contributed by atoms with van der Waals surface area (Å²) in [4.78, 5) is 12.4. The van der Waals surface area contributed by atoms with Crippen molar-refractivity contribution in [2.75, 3.05) is 6.54 Å². The van der Waals surface area contributed by atoms with Crippen molar-refractivity contribution in [3.05, 3.63) is 82.1 Å². The summed E-state index contributed by atoms with van der Waals surface area (Å²) in [6.45, 7) is 5.74. The molecule has 0 spiro atoms. The molecule has 1 N–H and O–H groups in total. The number of carbonyl (C=O) groups excluding carboxylic acids is 1.